The average Bonchev–Trinajstić information content (AvgIpc) is 2.17. The molecule has 0 amide bonds. The second-order valence-electron chi connectivity index (χ2n) is 4.50. The third kappa shape index (κ3) is 2.71. The van der Waals surface area contributed by atoms with E-state index in [0.717, 1.165) is 22.6 Å². The predicted molar refractivity (Wildman–Crippen MR) is 65.9 cm³/mol. The molecule has 0 aliphatic heterocycles. The molecular weight excluding hydrogens is 208 g/mol. The minimum atomic E-state index is -0.436. The van der Waals surface area contributed by atoms with E-state index >= 15 is 0 Å². The Balaban J connectivity index is 3.22. The van der Waals surface area contributed by atoms with E-state index in [1.165, 1.54) is 0 Å². The van der Waals surface area contributed by atoms with Gasteiger partial charge in [-0.25, -0.2) is 0 Å². The van der Waals surface area contributed by atoms with E-state index in [9.17, 15) is 0 Å². The molecule has 0 spiro atoms. The molecule has 4 N–H and O–H groups in total. The van der Waals surface area contributed by atoms with E-state index in [1.807, 2.05) is 18.2 Å². The van der Waals surface area contributed by atoms with E-state index in [0.29, 0.717) is 0 Å². The van der Waals surface area contributed by atoms with Gasteiger partial charge in [-0.15, -0.1) is 0 Å². The van der Waals surface area contributed by atoms with Crippen LogP contribution in [0.3, 0.4) is 0 Å². The van der Waals surface area contributed by atoms with Crippen LogP contribution in [0.4, 0.5) is 0 Å². The molecule has 3 heteroatoms. The summed E-state index contributed by atoms with van der Waals surface area (Å²) in [5, 5.41) is 0.784. The highest BCUT2D eigenvalue weighted by molar-refractivity contribution is 6.31. The lowest BCUT2D eigenvalue weighted by Gasteiger charge is -2.25. The first-order chi connectivity index (χ1) is 6.88. The quantitative estimate of drug-likeness (QED) is 0.779. The summed E-state index contributed by atoms with van der Waals surface area (Å²) in [6.07, 6.45) is 0.587. The topological polar surface area (TPSA) is 52.0 Å². The fourth-order valence-electron chi connectivity index (χ4n) is 1.46. The number of hydrogen-bond acceptors (Lipinski definition) is 2. The maximum absolute atomic E-state index is 6.18. The fourth-order valence-corrected chi connectivity index (χ4v) is 1.83. The summed E-state index contributed by atoms with van der Waals surface area (Å²) in [7, 11) is 0. The fraction of sp³-hybridized carbons (Fsp3) is 0.500. The van der Waals surface area contributed by atoms with Crippen LogP contribution in [-0.4, -0.2) is 0 Å². The van der Waals surface area contributed by atoms with Crippen molar-refractivity contribution < 1.29 is 0 Å². The van der Waals surface area contributed by atoms with Crippen molar-refractivity contribution in [2.45, 2.75) is 38.8 Å². The van der Waals surface area contributed by atoms with Crippen LogP contribution in [0.1, 0.15) is 44.5 Å². The van der Waals surface area contributed by atoms with Crippen LogP contribution in [0.2, 0.25) is 5.02 Å². The molecule has 0 fully saturated rings. The smallest absolute Gasteiger partial charge is 0.0784 e. The summed E-state index contributed by atoms with van der Waals surface area (Å²) in [6, 6.07) is 5.76. The van der Waals surface area contributed by atoms with E-state index in [1.54, 1.807) is 0 Å². The van der Waals surface area contributed by atoms with Crippen molar-refractivity contribution in [3.8, 4) is 0 Å². The highest BCUT2D eigenvalue weighted by atomic mass is 35.5. The Morgan fingerprint density at radius 2 is 1.93 bits per heavy atom. The summed E-state index contributed by atoms with van der Waals surface area (Å²) >= 11 is 6.18. The van der Waals surface area contributed by atoms with Crippen LogP contribution in [0.15, 0.2) is 18.2 Å². The Morgan fingerprint density at radius 1 is 1.33 bits per heavy atom. The zero-order valence-electron chi connectivity index (χ0n) is 9.55. The molecule has 0 atom stereocenters. The van der Waals surface area contributed by atoms with Gasteiger partial charge in [-0.1, -0.05) is 44.5 Å². The minimum Gasteiger partial charge on any atom is -0.312 e. The Kier molecular flexibility index (Phi) is 3.77. The van der Waals surface area contributed by atoms with Gasteiger partial charge in [0.15, 0.2) is 0 Å². The van der Waals surface area contributed by atoms with Gasteiger partial charge in [-0.05, 0) is 29.0 Å². The summed E-state index contributed by atoms with van der Waals surface area (Å²) in [5.74, 6) is 0. The lowest BCUT2D eigenvalue weighted by Crippen LogP contribution is -2.22. The van der Waals surface area contributed by atoms with Gasteiger partial charge in [0.1, 0.15) is 0 Å². The van der Waals surface area contributed by atoms with Crippen molar-refractivity contribution in [2.75, 3.05) is 0 Å². The van der Waals surface area contributed by atoms with Crippen LogP contribution in [0.5, 0.6) is 0 Å². The molecule has 0 bridgehead atoms. The molecule has 0 aliphatic rings. The third-order valence-corrected chi connectivity index (χ3v) is 3.32. The van der Waals surface area contributed by atoms with Crippen molar-refractivity contribution in [3.05, 3.63) is 34.3 Å². The Bertz CT molecular complexity index is 345. The lowest BCUT2D eigenvalue weighted by atomic mass is 9.81. The van der Waals surface area contributed by atoms with Crippen LogP contribution >= 0.6 is 11.6 Å². The highest BCUT2D eigenvalue weighted by Gasteiger charge is 2.21. The van der Waals surface area contributed by atoms with Gasteiger partial charge < -0.3 is 11.5 Å². The van der Waals surface area contributed by atoms with Gasteiger partial charge in [0.05, 0.1) is 6.17 Å². The van der Waals surface area contributed by atoms with Crippen LogP contribution in [0, 0.1) is 0 Å². The van der Waals surface area contributed by atoms with Gasteiger partial charge in [0.25, 0.3) is 0 Å². The number of halogens is 1. The SMILES string of the molecule is CCC(C)(C)c1cc(C(N)N)ccc1Cl. The number of nitrogens with two attached hydrogens (primary N) is 2. The van der Waals surface area contributed by atoms with Crippen LogP contribution < -0.4 is 11.5 Å². The van der Waals surface area contributed by atoms with E-state index in [2.05, 4.69) is 20.8 Å². The monoisotopic (exact) mass is 226 g/mol. The Morgan fingerprint density at radius 3 is 2.40 bits per heavy atom. The second-order valence-corrected chi connectivity index (χ2v) is 4.91. The van der Waals surface area contributed by atoms with Crippen molar-refractivity contribution in [1.29, 1.82) is 0 Å². The molecule has 0 aliphatic carbocycles. The van der Waals surface area contributed by atoms with Gasteiger partial charge >= 0.3 is 0 Å². The highest BCUT2D eigenvalue weighted by Crippen LogP contribution is 2.33. The molecule has 0 radical (unpaired) electrons. The standard InChI is InChI=1S/C12H19ClN2/c1-4-12(2,3)9-7-8(11(14)15)5-6-10(9)13/h5-7,11H,4,14-15H2,1-3H3. The maximum Gasteiger partial charge on any atom is 0.0784 e. The van der Waals surface area contributed by atoms with Crippen molar-refractivity contribution in [2.24, 2.45) is 11.5 Å². The molecule has 0 heterocycles. The molecular formula is C12H19ClN2. The summed E-state index contributed by atoms with van der Waals surface area (Å²) in [6.45, 7) is 6.48. The molecule has 1 aromatic carbocycles. The summed E-state index contributed by atoms with van der Waals surface area (Å²) < 4.78 is 0. The van der Waals surface area contributed by atoms with Gasteiger partial charge in [0.2, 0.25) is 0 Å². The number of rotatable bonds is 3. The van der Waals surface area contributed by atoms with Gasteiger partial charge in [-0.2, -0.15) is 0 Å². The van der Waals surface area contributed by atoms with E-state index in [-0.39, 0.29) is 5.41 Å². The zero-order valence-corrected chi connectivity index (χ0v) is 10.3. The third-order valence-electron chi connectivity index (χ3n) is 2.99. The van der Waals surface area contributed by atoms with Gasteiger partial charge in [-0.3, -0.25) is 0 Å². The summed E-state index contributed by atoms with van der Waals surface area (Å²) in [5.41, 5.74) is 13.4. The zero-order chi connectivity index (χ0) is 11.6. The van der Waals surface area contributed by atoms with E-state index in [4.69, 9.17) is 23.1 Å². The van der Waals surface area contributed by atoms with Crippen molar-refractivity contribution >= 4 is 11.6 Å². The predicted octanol–water partition coefficient (Wildman–Crippen LogP) is 2.94. The first-order valence-corrected chi connectivity index (χ1v) is 5.57. The molecule has 1 rings (SSSR count). The normalized spacial score (nSPS) is 12.2. The Hall–Kier alpha value is -0.570. The molecule has 0 unspecified atom stereocenters. The first kappa shape index (κ1) is 12.5. The number of benzene rings is 1. The first-order valence-electron chi connectivity index (χ1n) is 5.19. The maximum atomic E-state index is 6.18. The molecule has 0 saturated carbocycles. The van der Waals surface area contributed by atoms with Crippen molar-refractivity contribution in [1.82, 2.24) is 0 Å². The van der Waals surface area contributed by atoms with Crippen LogP contribution in [-0.2, 0) is 5.41 Å². The Labute approximate surface area is 96.6 Å². The van der Waals surface area contributed by atoms with Gasteiger partial charge in [0, 0.05) is 5.02 Å². The molecule has 0 saturated heterocycles. The van der Waals surface area contributed by atoms with Crippen LogP contribution in [0.25, 0.3) is 0 Å². The molecule has 1 aromatic rings. The largest absolute Gasteiger partial charge is 0.312 e. The number of hydrogen-bond donors (Lipinski definition) is 2. The molecule has 15 heavy (non-hydrogen) atoms. The second kappa shape index (κ2) is 4.52. The molecule has 0 aromatic heterocycles. The summed E-state index contributed by atoms with van der Waals surface area (Å²) in [4.78, 5) is 0. The minimum absolute atomic E-state index is 0.0575. The molecule has 2 nitrogen and oxygen atoms in total. The molecule has 84 valence electrons. The van der Waals surface area contributed by atoms with Crippen molar-refractivity contribution in [3.63, 3.8) is 0 Å². The lowest BCUT2D eigenvalue weighted by molar-refractivity contribution is 0.505. The average molecular weight is 227 g/mol. The van der Waals surface area contributed by atoms with E-state index < -0.39 is 6.17 Å².